The van der Waals surface area contributed by atoms with Gasteiger partial charge in [0.05, 0.1) is 6.61 Å². The van der Waals surface area contributed by atoms with Gasteiger partial charge in [0.2, 0.25) is 0 Å². The molecule has 0 radical (unpaired) electrons. The largest absolute Gasteiger partial charge is 0.392 e. The summed E-state index contributed by atoms with van der Waals surface area (Å²) in [4.78, 5) is 0. The van der Waals surface area contributed by atoms with Crippen molar-refractivity contribution in [2.75, 3.05) is 6.61 Å². The summed E-state index contributed by atoms with van der Waals surface area (Å²) in [5, 5.41) is 8.95. The van der Waals surface area contributed by atoms with Gasteiger partial charge in [-0.25, -0.2) is 0 Å². The molecule has 0 aliphatic heterocycles. The van der Waals surface area contributed by atoms with Crippen molar-refractivity contribution in [3.8, 4) is 0 Å². The summed E-state index contributed by atoms with van der Waals surface area (Å²) in [6.45, 7) is 8.90. The zero-order chi connectivity index (χ0) is 15.7. The Morgan fingerprint density at radius 1 is 1.19 bits per heavy atom. The van der Waals surface area contributed by atoms with Crippen LogP contribution in [0.5, 0.6) is 0 Å². The van der Waals surface area contributed by atoms with Crippen LogP contribution in [0.3, 0.4) is 0 Å². The van der Waals surface area contributed by atoms with Gasteiger partial charge in [0.25, 0.3) is 0 Å². The number of aliphatic hydroxyl groups excluding tert-OH is 1. The molecule has 0 saturated carbocycles. The molecule has 118 valence electrons. The third-order valence-electron chi connectivity index (χ3n) is 4.47. The first kappa shape index (κ1) is 18.0. The van der Waals surface area contributed by atoms with Crippen molar-refractivity contribution >= 4 is 0 Å². The monoisotopic (exact) mass is 288 g/mol. The molecule has 1 rings (SSSR count). The first-order valence-corrected chi connectivity index (χ1v) is 8.27. The van der Waals surface area contributed by atoms with Gasteiger partial charge in [0.15, 0.2) is 0 Å². The lowest BCUT2D eigenvalue weighted by atomic mass is 9.85. The van der Waals surface area contributed by atoms with Crippen LogP contribution in [0.2, 0.25) is 0 Å². The highest BCUT2D eigenvalue weighted by atomic mass is 16.3. The SMILES string of the molecule is CC(=CCCC(C)=CCC=C(C)C1CC=C(C)CC1)CO. The van der Waals surface area contributed by atoms with E-state index >= 15 is 0 Å². The van der Waals surface area contributed by atoms with E-state index in [9.17, 15) is 0 Å². The second kappa shape index (κ2) is 9.78. The van der Waals surface area contributed by atoms with Crippen molar-refractivity contribution in [2.24, 2.45) is 5.92 Å². The van der Waals surface area contributed by atoms with Gasteiger partial charge in [-0.05, 0) is 72.1 Å². The molecular weight excluding hydrogens is 256 g/mol. The maximum atomic E-state index is 8.95. The van der Waals surface area contributed by atoms with Gasteiger partial charge in [-0.2, -0.15) is 0 Å². The first-order valence-electron chi connectivity index (χ1n) is 8.27. The minimum atomic E-state index is 0.181. The molecule has 1 heteroatoms. The zero-order valence-electron chi connectivity index (χ0n) is 14.3. The van der Waals surface area contributed by atoms with Crippen LogP contribution < -0.4 is 0 Å². The van der Waals surface area contributed by atoms with E-state index in [0.29, 0.717) is 0 Å². The molecule has 0 saturated heterocycles. The number of hydrogen-bond acceptors (Lipinski definition) is 1. The van der Waals surface area contributed by atoms with Gasteiger partial charge in [0, 0.05) is 0 Å². The summed E-state index contributed by atoms with van der Waals surface area (Å²) < 4.78 is 0. The second-order valence-corrected chi connectivity index (χ2v) is 6.50. The van der Waals surface area contributed by atoms with Crippen LogP contribution in [0.1, 0.15) is 66.2 Å². The first-order chi connectivity index (χ1) is 10.0. The van der Waals surface area contributed by atoms with Crippen molar-refractivity contribution in [2.45, 2.75) is 66.2 Å². The summed E-state index contributed by atoms with van der Waals surface area (Å²) in [5.41, 5.74) is 5.62. The minimum Gasteiger partial charge on any atom is -0.392 e. The van der Waals surface area contributed by atoms with Crippen LogP contribution in [0.25, 0.3) is 0 Å². The highest BCUT2D eigenvalue weighted by Crippen LogP contribution is 2.28. The van der Waals surface area contributed by atoms with Crippen molar-refractivity contribution in [3.05, 3.63) is 46.6 Å². The predicted octanol–water partition coefficient (Wildman–Crippen LogP) is 5.73. The molecule has 1 atom stereocenters. The topological polar surface area (TPSA) is 20.2 Å². The van der Waals surface area contributed by atoms with Crippen LogP contribution >= 0.6 is 0 Å². The Labute approximate surface area is 131 Å². The quantitative estimate of drug-likeness (QED) is 0.593. The summed E-state index contributed by atoms with van der Waals surface area (Å²) in [5.74, 6) is 0.762. The smallest absolute Gasteiger partial charge is 0.0639 e. The molecule has 0 fully saturated rings. The fourth-order valence-corrected chi connectivity index (χ4v) is 2.70. The maximum Gasteiger partial charge on any atom is 0.0639 e. The summed E-state index contributed by atoms with van der Waals surface area (Å²) in [7, 11) is 0. The molecule has 0 aromatic heterocycles. The lowest BCUT2D eigenvalue weighted by Crippen LogP contribution is -2.05. The molecule has 1 nitrogen and oxygen atoms in total. The number of hydrogen-bond donors (Lipinski definition) is 1. The third-order valence-corrected chi connectivity index (χ3v) is 4.47. The van der Waals surface area contributed by atoms with Gasteiger partial charge in [-0.15, -0.1) is 0 Å². The average Bonchev–Trinajstić information content (AvgIpc) is 2.47. The zero-order valence-corrected chi connectivity index (χ0v) is 14.3. The molecule has 1 aliphatic carbocycles. The van der Waals surface area contributed by atoms with E-state index in [1.54, 1.807) is 11.1 Å². The molecule has 0 aromatic carbocycles. The number of allylic oxidation sites excluding steroid dienone is 7. The van der Waals surface area contributed by atoms with Crippen molar-refractivity contribution < 1.29 is 5.11 Å². The molecule has 1 unspecified atom stereocenters. The Bertz CT molecular complexity index is 435. The van der Waals surface area contributed by atoms with E-state index < -0.39 is 0 Å². The van der Waals surface area contributed by atoms with Gasteiger partial charge in [-0.3, -0.25) is 0 Å². The van der Waals surface area contributed by atoms with E-state index in [0.717, 1.165) is 30.8 Å². The van der Waals surface area contributed by atoms with E-state index in [2.05, 4.69) is 45.1 Å². The molecule has 0 bridgehead atoms. The van der Waals surface area contributed by atoms with Crippen LogP contribution in [-0.4, -0.2) is 11.7 Å². The van der Waals surface area contributed by atoms with E-state index in [-0.39, 0.29) is 6.61 Å². The van der Waals surface area contributed by atoms with Crippen LogP contribution in [0, 0.1) is 5.92 Å². The molecule has 0 heterocycles. The van der Waals surface area contributed by atoms with Crippen molar-refractivity contribution in [1.82, 2.24) is 0 Å². The maximum absolute atomic E-state index is 8.95. The normalized spacial score (nSPS) is 21.5. The number of rotatable bonds is 7. The highest BCUT2D eigenvalue weighted by Gasteiger charge is 2.13. The summed E-state index contributed by atoms with van der Waals surface area (Å²) in [6, 6.07) is 0. The van der Waals surface area contributed by atoms with Crippen molar-refractivity contribution in [3.63, 3.8) is 0 Å². The highest BCUT2D eigenvalue weighted by molar-refractivity contribution is 5.14. The predicted molar refractivity (Wildman–Crippen MR) is 93.3 cm³/mol. The van der Waals surface area contributed by atoms with E-state index in [1.807, 2.05) is 6.92 Å². The average molecular weight is 288 g/mol. The minimum absolute atomic E-state index is 0.181. The van der Waals surface area contributed by atoms with E-state index in [1.165, 1.54) is 24.8 Å². The molecule has 0 spiro atoms. The summed E-state index contributed by atoms with van der Waals surface area (Å²) >= 11 is 0. The van der Waals surface area contributed by atoms with Crippen molar-refractivity contribution in [1.29, 1.82) is 0 Å². The Hall–Kier alpha value is -1.08. The Kier molecular flexibility index (Phi) is 8.37. The molecule has 1 aliphatic rings. The standard InChI is InChI=1S/C20H32O/c1-16(7-5-9-18(3)15-21)8-6-10-19(4)20-13-11-17(2)12-14-20/h8-11,20-21H,5-7,12-15H2,1-4H3. The third kappa shape index (κ3) is 7.47. The summed E-state index contributed by atoms with van der Waals surface area (Å²) in [6.07, 6.45) is 16.3. The Morgan fingerprint density at radius 2 is 1.95 bits per heavy atom. The lowest BCUT2D eigenvalue weighted by molar-refractivity contribution is 0.331. The van der Waals surface area contributed by atoms with Crippen LogP contribution in [0.4, 0.5) is 0 Å². The number of aliphatic hydroxyl groups is 1. The van der Waals surface area contributed by atoms with Gasteiger partial charge in [0.1, 0.15) is 0 Å². The lowest BCUT2D eigenvalue weighted by Gasteiger charge is -2.21. The van der Waals surface area contributed by atoms with Gasteiger partial charge >= 0.3 is 0 Å². The van der Waals surface area contributed by atoms with Crippen LogP contribution in [0.15, 0.2) is 46.6 Å². The van der Waals surface area contributed by atoms with E-state index in [4.69, 9.17) is 5.11 Å². The Balaban J connectivity index is 2.36. The molecule has 1 N–H and O–H groups in total. The fraction of sp³-hybridized carbons (Fsp3) is 0.600. The molecule has 21 heavy (non-hydrogen) atoms. The molecule has 0 aromatic rings. The Morgan fingerprint density at radius 3 is 2.57 bits per heavy atom. The second-order valence-electron chi connectivity index (χ2n) is 6.50. The molecular formula is C20H32O. The van der Waals surface area contributed by atoms with Crippen LogP contribution in [-0.2, 0) is 0 Å². The van der Waals surface area contributed by atoms with Gasteiger partial charge < -0.3 is 5.11 Å². The molecule has 0 amide bonds. The fourth-order valence-electron chi connectivity index (χ4n) is 2.70. The van der Waals surface area contributed by atoms with Gasteiger partial charge in [-0.1, -0.05) is 46.6 Å².